The Morgan fingerprint density at radius 1 is 0.671 bits per heavy atom. The van der Waals surface area contributed by atoms with Crippen LogP contribution < -0.4 is 9.60 Å². The van der Waals surface area contributed by atoms with Crippen molar-refractivity contribution in [1.82, 2.24) is 38.7 Å². The second-order valence-electron chi connectivity index (χ2n) is 15.9. The van der Waals surface area contributed by atoms with Crippen molar-refractivity contribution >= 4 is 75.3 Å². The number of aliphatic hydroxyl groups is 1. The Bertz CT molecular complexity index is 2930. The van der Waals surface area contributed by atoms with Gasteiger partial charge in [-0.15, -0.1) is 22.7 Å². The second-order valence-corrected chi connectivity index (χ2v) is 18.4. The van der Waals surface area contributed by atoms with E-state index in [0.29, 0.717) is 107 Å². The summed E-state index contributed by atoms with van der Waals surface area (Å²) in [5, 5.41) is 13.4. The molecule has 2 aliphatic heterocycles. The highest BCUT2D eigenvalue weighted by molar-refractivity contribution is 7.07. The van der Waals surface area contributed by atoms with Crippen molar-refractivity contribution in [2.45, 2.75) is 33.2 Å². The van der Waals surface area contributed by atoms with E-state index in [-0.39, 0.29) is 39.6 Å². The molecule has 23 heteroatoms. The number of aromatic nitrogens is 4. The van der Waals surface area contributed by atoms with Crippen molar-refractivity contribution in [3.63, 3.8) is 0 Å². The molecule has 1 N–H and O–H groups in total. The molecule has 17 nitrogen and oxygen atoms in total. The Morgan fingerprint density at radius 2 is 1.13 bits per heavy atom. The van der Waals surface area contributed by atoms with E-state index in [2.05, 4.69) is 29.8 Å². The van der Waals surface area contributed by atoms with E-state index in [0.717, 1.165) is 16.1 Å². The smallest absolute Gasteiger partial charge is 0.338 e. The van der Waals surface area contributed by atoms with Crippen LogP contribution in [0.25, 0.3) is 0 Å². The van der Waals surface area contributed by atoms with E-state index >= 15 is 0 Å². The summed E-state index contributed by atoms with van der Waals surface area (Å²) in [5.74, 6) is -1.72. The number of thiazole rings is 2. The van der Waals surface area contributed by atoms with Crippen LogP contribution in [0.1, 0.15) is 48.0 Å². The quantitative estimate of drug-likeness (QED) is 0.121. The summed E-state index contributed by atoms with van der Waals surface area (Å²) in [4.78, 5) is 65.3. The third-order valence-electron chi connectivity index (χ3n) is 11.1. The van der Waals surface area contributed by atoms with Crippen LogP contribution in [0, 0.1) is 11.6 Å². The molecule has 8 rings (SSSR count). The number of ether oxygens (including phenoxy) is 3. The standard InChI is InChI=1S/C24H25ClFN5O4S.C23H25ClFN5O3S/c1-34-15-31-10-11-36-24(31)28-20-13-16(23(33)35-2)12-17(27-20)14-29-6-8-30(9-7-29)22(32)18-4-3-5-19(25)21(18)26;1-33-15-30-9-10-34-23(30)27-20-12-16(14-31)11-17(26-20)13-28-5-7-29(8-6-28)22(32)18-3-2-4-19(24)21(18)25/h3-5,10-13H,6-9,14-15H2,1-2H3;2-4,9-12,31H,5-8,13-15H2,1H3. The van der Waals surface area contributed by atoms with Crippen molar-refractivity contribution in [1.29, 1.82) is 0 Å². The molecule has 2 saturated heterocycles. The molecular weight excluding hydrogens is 990 g/mol. The Hall–Kier alpha value is -5.75. The van der Waals surface area contributed by atoms with E-state index in [1.54, 1.807) is 54.4 Å². The number of hydrogen-bond acceptors (Lipinski definition) is 15. The number of carbonyl (C=O) groups excluding carboxylic acids is 3. The van der Waals surface area contributed by atoms with Gasteiger partial charge in [0.05, 0.1) is 51.8 Å². The zero-order valence-corrected chi connectivity index (χ0v) is 41.6. The molecule has 2 aromatic carbocycles. The number of esters is 1. The molecule has 0 radical (unpaired) electrons. The average molecular weight is 1040 g/mol. The van der Waals surface area contributed by atoms with Gasteiger partial charge in [-0.2, -0.15) is 0 Å². The number of pyridine rings is 2. The van der Waals surface area contributed by atoms with Crippen molar-refractivity contribution in [2.75, 3.05) is 73.7 Å². The molecule has 70 heavy (non-hydrogen) atoms. The molecule has 2 aliphatic rings. The number of halogens is 4. The number of rotatable bonds is 14. The summed E-state index contributed by atoms with van der Waals surface area (Å²) < 4.78 is 47.5. The summed E-state index contributed by atoms with van der Waals surface area (Å²) in [5.41, 5.74) is 2.45. The summed E-state index contributed by atoms with van der Waals surface area (Å²) in [6.45, 7) is 5.73. The van der Waals surface area contributed by atoms with Gasteiger partial charge >= 0.3 is 5.97 Å². The van der Waals surface area contributed by atoms with E-state index < -0.39 is 17.6 Å². The minimum absolute atomic E-state index is 0.0104. The molecule has 2 amide bonds. The third kappa shape index (κ3) is 13.4. The molecule has 0 saturated carbocycles. The Balaban J connectivity index is 0.000000207. The minimum atomic E-state index is -0.704. The van der Waals surface area contributed by atoms with Crippen LogP contribution in [0.5, 0.6) is 0 Å². The Labute approximate surface area is 420 Å². The molecule has 0 atom stereocenters. The lowest BCUT2D eigenvalue weighted by Crippen LogP contribution is -2.48. The van der Waals surface area contributed by atoms with Gasteiger partial charge in [0, 0.05) is 103 Å². The number of nitrogens with zero attached hydrogens (tertiary/aromatic N) is 10. The summed E-state index contributed by atoms with van der Waals surface area (Å²) in [6.07, 6.45) is 3.74. The van der Waals surface area contributed by atoms with Gasteiger partial charge < -0.3 is 29.1 Å². The van der Waals surface area contributed by atoms with Crippen LogP contribution in [0.3, 0.4) is 0 Å². The molecule has 0 bridgehead atoms. The van der Waals surface area contributed by atoms with Gasteiger partial charge in [0.15, 0.2) is 32.9 Å². The molecular formula is C47H50Cl2F2N10O7S2. The van der Waals surface area contributed by atoms with Crippen LogP contribution in [0.15, 0.2) is 93.8 Å². The van der Waals surface area contributed by atoms with E-state index in [4.69, 9.17) is 37.4 Å². The van der Waals surface area contributed by atoms with Gasteiger partial charge in [-0.3, -0.25) is 28.5 Å². The topological polar surface area (TPSA) is 172 Å². The summed E-state index contributed by atoms with van der Waals surface area (Å²) in [7, 11) is 4.54. The number of methoxy groups -OCH3 is 3. The molecule has 6 heterocycles. The second kappa shape index (κ2) is 24.9. The highest BCUT2D eigenvalue weighted by atomic mass is 35.5. The SMILES string of the molecule is COCn1ccsc1=Nc1cc(C(=O)OC)cc(CN2CCN(C(=O)c3cccc(Cl)c3F)CC2)n1.COCn1ccsc1=Nc1cc(CO)cc(CN2CCN(C(=O)c3cccc(Cl)c3F)CC2)n1. The van der Waals surface area contributed by atoms with Gasteiger partial charge in [-0.05, 0) is 54.1 Å². The zero-order chi connectivity index (χ0) is 49.7. The number of hydrogen-bond donors (Lipinski definition) is 1. The fraction of sp³-hybridized carbons (Fsp3) is 0.340. The fourth-order valence-electron chi connectivity index (χ4n) is 7.61. The van der Waals surface area contributed by atoms with Gasteiger partial charge in [0.25, 0.3) is 11.8 Å². The minimum Gasteiger partial charge on any atom is -0.465 e. The monoisotopic (exact) mass is 1040 g/mol. The molecule has 0 spiro atoms. The number of amides is 2. The van der Waals surface area contributed by atoms with Crippen LogP contribution in [-0.4, -0.2) is 135 Å². The molecule has 2 fully saturated rings. The molecule has 4 aromatic heterocycles. The Morgan fingerprint density at radius 3 is 1.57 bits per heavy atom. The maximum Gasteiger partial charge on any atom is 0.338 e. The number of aliphatic hydroxyl groups excluding tert-OH is 1. The third-order valence-corrected chi connectivity index (χ3v) is 13.3. The first kappa shape index (κ1) is 52.1. The Kier molecular flexibility index (Phi) is 18.5. The van der Waals surface area contributed by atoms with Gasteiger partial charge in [-0.1, -0.05) is 35.3 Å². The van der Waals surface area contributed by atoms with Gasteiger partial charge in [-0.25, -0.2) is 33.5 Å². The van der Waals surface area contributed by atoms with Crippen molar-refractivity contribution in [3.8, 4) is 0 Å². The largest absolute Gasteiger partial charge is 0.465 e. The van der Waals surface area contributed by atoms with Gasteiger partial charge in [0.2, 0.25) is 0 Å². The normalized spacial score (nSPS) is 15.0. The highest BCUT2D eigenvalue weighted by Crippen LogP contribution is 2.23. The number of piperazine rings is 2. The van der Waals surface area contributed by atoms with Crippen LogP contribution in [0.2, 0.25) is 10.0 Å². The lowest BCUT2D eigenvalue weighted by molar-refractivity contribution is 0.0593. The van der Waals surface area contributed by atoms with E-state index in [1.165, 1.54) is 54.0 Å². The lowest BCUT2D eigenvalue weighted by atomic mass is 10.1. The first-order valence-corrected chi connectivity index (χ1v) is 24.4. The van der Waals surface area contributed by atoms with Gasteiger partial charge in [0.1, 0.15) is 13.5 Å². The number of benzene rings is 2. The predicted molar refractivity (Wildman–Crippen MR) is 260 cm³/mol. The summed E-state index contributed by atoms with van der Waals surface area (Å²) in [6, 6.07) is 15.7. The first-order valence-electron chi connectivity index (χ1n) is 21.8. The average Bonchev–Trinajstić information content (AvgIpc) is 4.01. The van der Waals surface area contributed by atoms with E-state index in [9.17, 15) is 28.3 Å². The van der Waals surface area contributed by atoms with Crippen LogP contribution >= 0.6 is 45.9 Å². The maximum absolute atomic E-state index is 14.3. The van der Waals surface area contributed by atoms with Crippen LogP contribution in [0.4, 0.5) is 20.4 Å². The van der Waals surface area contributed by atoms with Crippen LogP contribution in [-0.2, 0) is 47.4 Å². The lowest BCUT2D eigenvalue weighted by Gasteiger charge is -2.34. The molecule has 6 aromatic rings. The highest BCUT2D eigenvalue weighted by Gasteiger charge is 2.27. The van der Waals surface area contributed by atoms with Crippen molar-refractivity contribution < 1.29 is 42.5 Å². The summed E-state index contributed by atoms with van der Waals surface area (Å²) >= 11 is 14.6. The maximum atomic E-state index is 14.3. The molecule has 0 unspecified atom stereocenters. The molecule has 370 valence electrons. The van der Waals surface area contributed by atoms with Crippen molar-refractivity contribution in [3.05, 3.63) is 149 Å². The number of carbonyl (C=O) groups is 3. The molecule has 0 aliphatic carbocycles. The predicted octanol–water partition coefficient (Wildman–Crippen LogP) is 6.34. The zero-order valence-electron chi connectivity index (χ0n) is 38.5. The first-order chi connectivity index (χ1) is 33.9. The fourth-order valence-corrected chi connectivity index (χ4v) is 9.41. The van der Waals surface area contributed by atoms with E-state index in [1.807, 2.05) is 38.4 Å². The van der Waals surface area contributed by atoms with Crippen molar-refractivity contribution in [2.24, 2.45) is 9.98 Å².